The molecule has 0 aliphatic rings. The standard InChI is InChI=1S/C19H15BrClN3O/c20-15-11-17(18(21)22-12-15)19(25)23-24(16-9-5-2-6-10-16)13-14-7-3-1-4-8-14/h1-12H,13H2,(H,23,25). The zero-order chi connectivity index (χ0) is 17.6. The summed E-state index contributed by atoms with van der Waals surface area (Å²) >= 11 is 9.38. The third kappa shape index (κ3) is 4.59. The highest BCUT2D eigenvalue weighted by molar-refractivity contribution is 9.10. The van der Waals surface area contributed by atoms with E-state index in [9.17, 15) is 4.79 Å². The lowest BCUT2D eigenvalue weighted by Gasteiger charge is -2.25. The maximum atomic E-state index is 12.7. The van der Waals surface area contributed by atoms with Gasteiger partial charge < -0.3 is 0 Å². The first-order valence-corrected chi connectivity index (χ1v) is 8.79. The molecule has 1 aromatic heterocycles. The van der Waals surface area contributed by atoms with Crippen molar-refractivity contribution in [2.45, 2.75) is 6.54 Å². The number of halogens is 2. The van der Waals surface area contributed by atoms with Crippen LogP contribution < -0.4 is 10.4 Å². The van der Waals surface area contributed by atoms with Crippen LogP contribution in [0, 0.1) is 0 Å². The molecule has 25 heavy (non-hydrogen) atoms. The number of hydrazine groups is 1. The monoisotopic (exact) mass is 415 g/mol. The molecular weight excluding hydrogens is 402 g/mol. The predicted octanol–water partition coefficient (Wildman–Crippen LogP) is 4.85. The number of amides is 1. The largest absolute Gasteiger partial charge is 0.281 e. The lowest BCUT2D eigenvalue weighted by molar-refractivity contribution is 0.0948. The highest BCUT2D eigenvalue weighted by Crippen LogP contribution is 2.20. The van der Waals surface area contributed by atoms with E-state index < -0.39 is 0 Å². The molecule has 0 spiro atoms. The van der Waals surface area contributed by atoms with E-state index >= 15 is 0 Å². The summed E-state index contributed by atoms with van der Waals surface area (Å²) in [6.07, 6.45) is 1.55. The van der Waals surface area contributed by atoms with Gasteiger partial charge in [0.1, 0.15) is 5.15 Å². The van der Waals surface area contributed by atoms with Crippen LogP contribution in [0.25, 0.3) is 0 Å². The van der Waals surface area contributed by atoms with Crippen LogP contribution in [0.5, 0.6) is 0 Å². The molecule has 3 aromatic rings. The average molecular weight is 417 g/mol. The van der Waals surface area contributed by atoms with Crippen LogP contribution in [0.2, 0.25) is 5.15 Å². The summed E-state index contributed by atoms with van der Waals surface area (Å²) < 4.78 is 0.691. The van der Waals surface area contributed by atoms with Gasteiger partial charge in [-0.15, -0.1) is 0 Å². The fourth-order valence-electron chi connectivity index (χ4n) is 2.33. The Labute approximate surface area is 159 Å². The second kappa shape index (κ2) is 8.14. The molecule has 0 fully saturated rings. The van der Waals surface area contributed by atoms with Gasteiger partial charge in [-0.05, 0) is 39.7 Å². The molecule has 3 rings (SSSR count). The Morgan fingerprint density at radius 1 is 1.08 bits per heavy atom. The molecule has 0 radical (unpaired) electrons. The number of pyridine rings is 1. The number of para-hydroxylation sites is 1. The van der Waals surface area contributed by atoms with Gasteiger partial charge >= 0.3 is 0 Å². The minimum atomic E-state index is -0.321. The number of nitrogens with zero attached hydrogens (tertiary/aromatic N) is 2. The van der Waals surface area contributed by atoms with E-state index in [0.717, 1.165) is 11.3 Å². The zero-order valence-corrected chi connectivity index (χ0v) is 15.5. The zero-order valence-electron chi connectivity index (χ0n) is 13.2. The van der Waals surface area contributed by atoms with Crippen LogP contribution in [0.3, 0.4) is 0 Å². The average Bonchev–Trinajstić information content (AvgIpc) is 2.64. The lowest BCUT2D eigenvalue weighted by Crippen LogP contribution is -2.42. The molecule has 0 aliphatic carbocycles. The molecule has 6 heteroatoms. The summed E-state index contributed by atoms with van der Waals surface area (Å²) in [5, 5.41) is 1.95. The highest BCUT2D eigenvalue weighted by Gasteiger charge is 2.16. The fraction of sp³-hybridized carbons (Fsp3) is 0.0526. The highest BCUT2D eigenvalue weighted by atomic mass is 79.9. The first-order valence-electron chi connectivity index (χ1n) is 7.62. The molecule has 1 heterocycles. The van der Waals surface area contributed by atoms with Gasteiger partial charge in [-0.25, -0.2) is 4.98 Å². The van der Waals surface area contributed by atoms with Crippen LogP contribution in [-0.2, 0) is 6.54 Å². The quantitative estimate of drug-likeness (QED) is 0.478. The first kappa shape index (κ1) is 17.5. The molecule has 1 amide bonds. The van der Waals surface area contributed by atoms with E-state index in [0.29, 0.717) is 16.6 Å². The molecule has 1 N–H and O–H groups in total. The fourth-order valence-corrected chi connectivity index (χ4v) is 2.85. The minimum absolute atomic E-state index is 0.161. The summed E-state index contributed by atoms with van der Waals surface area (Å²) in [7, 11) is 0. The van der Waals surface area contributed by atoms with E-state index in [-0.39, 0.29) is 11.1 Å². The van der Waals surface area contributed by atoms with Crippen molar-refractivity contribution >= 4 is 39.1 Å². The van der Waals surface area contributed by atoms with Crippen molar-refractivity contribution in [3.8, 4) is 0 Å². The number of hydrogen-bond acceptors (Lipinski definition) is 3. The van der Waals surface area contributed by atoms with Gasteiger partial charge in [0.05, 0.1) is 17.8 Å². The van der Waals surface area contributed by atoms with Gasteiger partial charge in [-0.2, -0.15) is 0 Å². The van der Waals surface area contributed by atoms with E-state index in [1.807, 2.05) is 60.7 Å². The maximum Gasteiger partial charge on any atom is 0.272 e. The molecule has 0 saturated carbocycles. The third-order valence-electron chi connectivity index (χ3n) is 3.54. The Kier molecular flexibility index (Phi) is 5.68. The van der Waals surface area contributed by atoms with Crippen molar-refractivity contribution in [2.24, 2.45) is 0 Å². The van der Waals surface area contributed by atoms with Gasteiger partial charge in [-0.3, -0.25) is 15.2 Å². The Balaban J connectivity index is 1.87. The summed E-state index contributed by atoms with van der Waals surface area (Å²) in [6.45, 7) is 0.523. The molecule has 0 aliphatic heterocycles. The second-order valence-electron chi connectivity index (χ2n) is 5.34. The normalized spacial score (nSPS) is 10.3. The number of anilines is 1. The van der Waals surface area contributed by atoms with E-state index in [2.05, 4.69) is 26.3 Å². The minimum Gasteiger partial charge on any atom is -0.281 e. The van der Waals surface area contributed by atoms with Crippen LogP contribution in [-0.4, -0.2) is 10.9 Å². The van der Waals surface area contributed by atoms with Gasteiger partial charge in [0.2, 0.25) is 0 Å². The summed E-state index contributed by atoms with van der Waals surface area (Å²) in [4.78, 5) is 16.7. The third-order valence-corrected chi connectivity index (χ3v) is 4.27. The summed E-state index contributed by atoms with van der Waals surface area (Å²) in [5.74, 6) is -0.321. The van der Waals surface area contributed by atoms with E-state index in [4.69, 9.17) is 11.6 Å². The first-order chi connectivity index (χ1) is 12.1. The Hall–Kier alpha value is -2.37. The predicted molar refractivity (Wildman–Crippen MR) is 103 cm³/mol. The number of nitrogens with one attached hydrogen (secondary N) is 1. The van der Waals surface area contributed by atoms with E-state index in [1.54, 1.807) is 17.3 Å². The number of hydrogen-bond donors (Lipinski definition) is 1. The van der Waals surface area contributed by atoms with Crippen molar-refractivity contribution in [1.82, 2.24) is 10.4 Å². The van der Waals surface area contributed by atoms with Crippen LogP contribution in [0.15, 0.2) is 77.4 Å². The summed E-state index contributed by atoms with van der Waals surface area (Å²) in [5.41, 5.74) is 5.17. The number of carbonyl (C=O) groups is 1. The lowest BCUT2D eigenvalue weighted by atomic mass is 10.2. The van der Waals surface area contributed by atoms with E-state index in [1.165, 1.54) is 0 Å². The molecule has 2 aromatic carbocycles. The SMILES string of the molecule is O=C(NN(Cc1ccccc1)c1ccccc1)c1cc(Br)cnc1Cl. The number of benzene rings is 2. The number of rotatable bonds is 5. The molecular formula is C19H15BrClN3O. The van der Waals surface area contributed by atoms with Crippen molar-refractivity contribution in [3.05, 3.63) is 93.7 Å². The van der Waals surface area contributed by atoms with Crippen molar-refractivity contribution in [1.29, 1.82) is 0 Å². The van der Waals surface area contributed by atoms with Gasteiger partial charge in [0.15, 0.2) is 0 Å². The van der Waals surface area contributed by atoms with Crippen LogP contribution in [0.1, 0.15) is 15.9 Å². The number of carbonyl (C=O) groups excluding carboxylic acids is 1. The molecule has 0 unspecified atom stereocenters. The van der Waals surface area contributed by atoms with Crippen molar-refractivity contribution < 1.29 is 4.79 Å². The molecule has 0 atom stereocenters. The smallest absolute Gasteiger partial charge is 0.272 e. The Morgan fingerprint density at radius 3 is 2.40 bits per heavy atom. The van der Waals surface area contributed by atoms with Gasteiger partial charge in [0.25, 0.3) is 5.91 Å². The Morgan fingerprint density at radius 2 is 1.72 bits per heavy atom. The Bertz CT molecular complexity index is 859. The molecule has 126 valence electrons. The molecule has 0 saturated heterocycles. The van der Waals surface area contributed by atoms with Gasteiger partial charge in [0, 0.05) is 10.7 Å². The van der Waals surface area contributed by atoms with Crippen LogP contribution >= 0.6 is 27.5 Å². The number of aromatic nitrogens is 1. The second-order valence-corrected chi connectivity index (χ2v) is 6.61. The van der Waals surface area contributed by atoms with Gasteiger partial charge in [-0.1, -0.05) is 60.1 Å². The molecule has 4 nitrogen and oxygen atoms in total. The molecule has 0 bridgehead atoms. The summed E-state index contributed by atoms with van der Waals surface area (Å²) in [6, 6.07) is 21.2. The van der Waals surface area contributed by atoms with Crippen molar-refractivity contribution in [3.63, 3.8) is 0 Å². The topological polar surface area (TPSA) is 45.2 Å². The maximum absolute atomic E-state index is 12.7. The van der Waals surface area contributed by atoms with Crippen molar-refractivity contribution in [2.75, 3.05) is 5.01 Å². The van der Waals surface area contributed by atoms with Crippen LogP contribution in [0.4, 0.5) is 5.69 Å².